The topological polar surface area (TPSA) is 70.5 Å². The number of aliphatic hydroxyl groups is 1. The minimum Gasteiger partial charge on any atom is -0.507 e. The Labute approximate surface area is 169 Å². The van der Waals surface area contributed by atoms with E-state index < -0.39 is 17.7 Å². The van der Waals surface area contributed by atoms with E-state index in [1.807, 2.05) is 49.4 Å². The second kappa shape index (κ2) is 7.87. The largest absolute Gasteiger partial charge is 0.507 e. The summed E-state index contributed by atoms with van der Waals surface area (Å²) in [5.41, 5.74) is 1.18. The summed E-state index contributed by atoms with van der Waals surface area (Å²) in [5.74, 6) is -1.41. The molecular weight excluding hydrogens is 364 g/mol. The molecule has 29 heavy (non-hydrogen) atoms. The summed E-state index contributed by atoms with van der Waals surface area (Å²) in [6.07, 6.45) is 3.29. The third-order valence-electron chi connectivity index (χ3n) is 5.28. The quantitative estimate of drug-likeness (QED) is 0.399. The van der Waals surface area contributed by atoms with Gasteiger partial charge in [-0.3, -0.25) is 14.6 Å². The second-order valence-electron chi connectivity index (χ2n) is 7.16. The SMILES string of the molecule is CCCCN1C(=O)C(=O)/C(=C(\O)c2ccc3ccccc3c2)C1c1ccccn1. The van der Waals surface area contributed by atoms with Crippen molar-refractivity contribution in [1.82, 2.24) is 9.88 Å². The molecule has 1 fully saturated rings. The predicted molar refractivity (Wildman–Crippen MR) is 112 cm³/mol. The van der Waals surface area contributed by atoms with Gasteiger partial charge in [-0.05, 0) is 35.4 Å². The molecule has 3 aromatic rings. The first-order valence-electron chi connectivity index (χ1n) is 9.80. The average Bonchev–Trinajstić information content (AvgIpc) is 3.02. The van der Waals surface area contributed by atoms with Crippen molar-refractivity contribution in [2.75, 3.05) is 6.54 Å². The van der Waals surface area contributed by atoms with Gasteiger partial charge >= 0.3 is 0 Å². The summed E-state index contributed by atoms with van der Waals surface area (Å²) in [4.78, 5) is 31.6. The normalized spacial score (nSPS) is 18.5. The number of nitrogens with zero attached hydrogens (tertiary/aromatic N) is 2. The molecule has 1 aliphatic rings. The molecule has 0 saturated carbocycles. The Morgan fingerprint density at radius 2 is 1.79 bits per heavy atom. The number of hydrogen-bond donors (Lipinski definition) is 1. The number of Topliss-reactive ketones (excluding diaryl/α,β-unsaturated/α-hetero) is 1. The van der Waals surface area contributed by atoms with E-state index in [9.17, 15) is 14.7 Å². The molecule has 1 unspecified atom stereocenters. The third-order valence-corrected chi connectivity index (χ3v) is 5.28. The molecular formula is C24H22N2O3. The highest BCUT2D eigenvalue weighted by Crippen LogP contribution is 2.39. The molecule has 4 rings (SSSR count). The Bertz CT molecular complexity index is 1110. The summed E-state index contributed by atoms with van der Waals surface area (Å²) in [6, 6.07) is 18.0. The van der Waals surface area contributed by atoms with E-state index in [-0.39, 0.29) is 11.3 Å². The lowest BCUT2D eigenvalue weighted by Gasteiger charge is -2.24. The van der Waals surface area contributed by atoms with E-state index >= 15 is 0 Å². The predicted octanol–water partition coefficient (Wildman–Crippen LogP) is 4.46. The minimum absolute atomic E-state index is 0.0973. The van der Waals surface area contributed by atoms with Crippen LogP contribution in [0.4, 0.5) is 0 Å². The fraction of sp³-hybridized carbons (Fsp3) is 0.208. The molecule has 2 aromatic carbocycles. The number of carbonyl (C=O) groups is 2. The molecule has 0 bridgehead atoms. The van der Waals surface area contributed by atoms with Crippen molar-refractivity contribution in [3.63, 3.8) is 0 Å². The lowest BCUT2D eigenvalue weighted by molar-refractivity contribution is -0.140. The number of aliphatic hydroxyl groups excluding tert-OH is 1. The van der Waals surface area contributed by atoms with E-state index in [2.05, 4.69) is 4.98 Å². The van der Waals surface area contributed by atoms with Gasteiger partial charge in [0.15, 0.2) is 0 Å². The first-order chi connectivity index (χ1) is 14.1. The number of benzene rings is 2. The fourth-order valence-electron chi connectivity index (χ4n) is 3.78. The fourth-order valence-corrected chi connectivity index (χ4v) is 3.78. The number of unbranched alkanes of at least 4 members (excludes halogenated alkanes) is 1. The van der Waals surface area contributed by atoms with Crippen molar-refractivity contribution < 1.29 is 14.7 Å². The average molecular weight is 386 g/mol. The van der Waals surface area contributed by atoms with E-state index in [0.717, 1.165) is 23.6 Å². The van der Waals surface area contributed by atoms with Gasteiger partial charge in [0.1, 0.15) is 11.8 Å². The van der Waals surface area contributed by atoms with Gasteiger partial charge in [-0.25, -0.2) is 0 Å². The number of fused-ring (bicyclic) bond motifs is 1. The van der Waals surface area contributed by atoms with Gasteiger partial charge in [-0.2, -0.15) is 0 Å². The monoisotopic (exact) mass is 386 g/mol. The van der Waals surface area contributed by atoms with Crippen LogP contribution in [0.3, 0.4) is 0 Å². The van der Waals surface area contributed by atoms with Gasteiger partial charge < -0.3 is 10.0 Å². The summed E-state index contributed by atoms with van der Waals surface area (Å²) < 4.78 is 0. The van der Waals surface area contributed by atoms with Crippen LogP contribution in [-0.4, -0.2) is 33.2 Å². The van der Waals surface area contributed by atoms with Crippen molar-refractivity contribution in [2.24, 2.45) is 0 Å². The minimum atomic E-state index is -0.686. The lowest BCUT2D eigenvalue weighted by atomic mass is 9.97. The highest BCUT2D eigenvalue weighted by Gasteiger charge is 2.46. The Hall–Kier alpha value is -3.47. The number of hydrogen-bond acceptors (Lipinski definition) is 4. The number of likely N-dealkylation sites (tertiary alicyclic amines) is 1. The van der Waals surface area contributed by atoms with Crippen molar-refractivity contribution in [1.29, 1.82) is 0 Å². The molecule has 0 aliphatic carbocycles. The number of rotatable bonds is 5. The van der Waals surface area contributed by atoms with Crippen LogP contribution in [0.25, 0.3) is 16.5 Å². The van der Waals surface area contributed by atoms with Crippen LogP contribution in [0.2, 0.25) is 0 Å². The Morgan fingerprint density at radius 1 is 1.03 bits per heavy atom. The molecule has 0 spiro atoms. The van der Waals surface area contributed by atoms with Crippen LogP contribution in [-0.2, 0) is 9.59 Å². The third kappa shape index (κ3) is 3.40. The van der Waals surface area contributed by atoms with Gasteiger partial charge in [0.2, 0.25) is 0 Å². The molecule has 1 amide bonds. The van der Waals surface area contributed by atoms with Crippen LogP contribution < -0.4 is 0 Å². The molecule has 1 N–H and O–H groups in total. The highest BCUT2D eigenvalue weighted by atomic mass is 16.3. The van der Waals surface area contributed by atoms with E-state index in [0.29, 0.717) is 17.8 Å². The smallest absolute Gasteiger partial charge is 0.295 e. The zero-order valence-electron chi connectivity index (χ0n) is 16.2. The van der Waals surface area contributed by atoms with Gasteiger partial charge in [0, 0.05) is 18.3 Å². The molecule has 1 atom stereocenters. The second-order valence-corrected chi connectivity index (χ2v) is 7.16. The van der Waals surface area contributed by atoms with E-state index in [4.69, 9.17) is 0 Å². The number of carbonyl (C=O) groups excluding carboxylic acids is 2. The Morgan fingerprint density at radius 3 is 2.52 bits per heavy atom. The van der Waals surface area contributed by atoms with Gasteiger partial charge in [0.05, 0.1) is 11.3 Å². The molecule has 1 aliphatic heterocycles. The molecule has 2 heterocycles. The summed E-state index contributed by atoms with van der Waals surface area (Å²) in [7, 11) is 0. The van der Waals surface area contributed by atoms with Crippen LogP contribution in [0, 0.1) is 0 Å². The number of aromatic nitrogens is 1. The number of amides is 1. The van der Waals surface area contributed by atoms with E-state index in [1.54, 1.807) is 24.4 Å². The zero-order valence-corrected chi connectivity index (χ0v) is 16.2. The molecule has 5 nitrogen and oxygen atoms in total. The van der Waals surface area contributed by atoms with Crippen molar-refractivity contribution in [2.45, 2.75) is 25.8 Å². The van der Waals surface area contributed by atoms with Crippen molar-refractivity contribution >= 4 is 28.2 Å². The lowest BCUT2D eigenvalue weighted by Crippen LogP contribution is -2.31. The molecule has 0 radical (unpaired) electrons. The van der Waals surface area contributed by atoms with Crippen LogP contribution in [0.1, 0.15) is 37.1 Å². The molecule has 1 aromatic heterocycles. The first-order valence-corrected chi connectivity index (χ1v) is 9.80. The summed E-state index contributed by atoms with van der Waals surface area (Å²) >= 11 is 0. The van der Waals surface area contributed by atoms with Crippen LogP contribution >= 0.6 is 0 Å². The van der Waals surface area contributed by atoms with E-state index in [1.165, 1.54) is 4.90 Å². The van der Waals surface area contributed by atoms with Gasteiger partial charge in [-0.1, -0.05) is 55.8 Å². The van der Waals surface area contributed by atoms with Crippen LogP contribution in [0.15, 0.2) is 72.4 Å². The molecule has 5 heteroatoms. The summed E-state index contributed by atoms with van der Waals surface area (Å²) in [5, 5.41) is 13.1. The Kier molecular flexibility index (Phi) is 5.12. The van der Waals surface area contributed by atoms with Gasteiger partial charge in [-0.15, -0.1) is 0 Å². The number of pyridine rings is 1. The maximum absolute atomic E-state index is 12.9. The molecule has 146 valence electrons. The first kappa shape index (κ1) is 18.9. The van der Waals surface area contributed by atoms with Crippen molar-refractivity contribution in [3.8, 4) is 0 Å². The Balaban J connectivity index is 1.87. The summed E-state index contributed by atoms with van der Waals surface area (Å²) in [6.45, 7) is 2.47. The zero-order chi connectivity index (χ0) is 20.4. The van der Waals surface area contributed by atoms with Gasteiger partial charge in [0.25, 0.3) is 11.7 Å². The number of ketones is 1. The molecule has 1 saturated heterocycles. The maximum atomic E-state index is 12.9. The maximum Gasteiger partial charge on any atom is 0.295 e. The van der Waals surface area contributed by atoms with Crippen LogP contribution in [0.5, 0.6) is 0 Å². The standard InChI is InChI=1S/C24H22N2O3/c1-2-3-14-26-21(19-10-6-7-13-25-19)20(23(28)24(26)29)22(27)18-12-11-16-8-4-5-9-17(16)15-18/h4-13,15,21,27H,2-3,14H2,1H3/b22-20-. The highest BCUT2D eigenvalue weighted by molar-refractivity contribution is 6.46. The van der Waals surface area contributed by atoms with Crippen molar-refractivity contribution in [3.05, 3.63) is 83.7 Å².